The zero-order valence-corrected chi connectivity index (χ0v) is 21.1. The fraction of sp³-hybridized carbons (Fsp3) is 0.333. The molecule has 0 bridgehead atoms. The van der Waals surface area contributed by atoms with Gasteiger partial charge in [-0.05, 0) is 55.2 Å². The molecule has 3 rings (SSSR count). The van der Waals surface area contributed by atoms with E-state index in [-0.39, 0.29) is 6.04 Å². The van der Waals surface area contributed by atoms with Crippen LogP contribution in [-0.2, 0) is 4.74 Å². The number of ether oxygens (including phenoxy) is 2. The van der Waals surface area contributed by atoms with E-state index in [1.807, 2.05) is 26.0 Å². The van der Waals surface area contributed by atoms with E-state index in [9.17, 15) is 0 Å². The Balaban J connectivity index is 0.000000739. The van der Waals surface area contributed by atoms with Gasteiger partial charge in [-0.1, -0.05) is 78.9 Å². The van der Waals surface area contributed by atoms with E-state index in [2.05, 4.69) is 90.7 Å². The molecule has 0 saturated carbocycles. The molecule has 3 aromatic carbocycles. The Bertz CT molecular complexity index is 897. The van der Waals surface area contributed by atoms with Crippen molar-refractivity contribution >= 4 is 5.57 Å². The van der Waals surface area contributed by atoms with Crippen LogP contribution in [-0.4, -0.2) is 44.9 Å². The van der Waals surface area contributed by atoms with Crippen molar-refractivity contribution in [3.63, 3.8) is 0 Å². The Morgan fingerprint density at radius 3 is 1.79 bits per heavy atom. The van der Waals surface area contributed by atoms with Gasteiger partial charge in [0.05, 0.1) is 7.11 Å². The van der Waals surface area contributed by atoms with E-state index in [1.165, 1.54) is 22.3 Å². The Labute approximate surface area is 206 Å². The van der Waals surface area contributed by atoms with Gasteiger partial charge >= 0.3 is 0 Å². The minimum atomic E-state index is 0.258. The molecule has 182 valence electrons. The van der Waals surface area contributed by atoms with E-state index in [1.54, 1.807) is 7.11 Å². The van der Waals surface area contributed by atoms with Crippen LogP contribution in [0.5, 0.6) is 5.75 Å². The second-order valence-corrected chi connectivity index (χ2v) is 7.86. The number of hydrogen-bond acceptors (Lipinski definition) is 4. The van der Waals surface area contributed by atoms with Gasteiger partial charge in [0.15, 0.2) is 0 Å². The molecule has 0 fully saturated rings. The monoisotopic (exact) mass is 460 g/mol. The number of rotatable bonds is 11. The van der Waals surface area contributed by atoms with Crippen molar-refractivity contribution in [1.82, 2.24) is 4.90 Å². The van der Waals surface area contributed by atoms with Gasteiger partial charge in [0, 0.05) is 38.9 Å². The number of nitrogens with zero attached hydrogens (tertiary/aromatic N) is 1. The maximum Gasteiger partial charge on any atom is 0.118 e. The van der Waals surface area contributed by atoms with E-state index in [4.69, 9.17) is 15.2 Å². The summed E-state index contributed by atoms with van der Waals surface area (Å²) in [6.45, 7) is 10.2. The lowest BCUT2D eigenvalue weighted by molar-refractivity contribution is 0.162. The van der Waals surface area contributed by atoms with Gasteiger partial charge in [-0.15, -0.1) is 0 Å². The normalized spacial score (nSPS) is 11.4. The standard InChI is InChI=1S/C26H30N2O.C4H10O/c1-21(22-13-15-25(29-2)16-14-22)28(20-18-27)19-17-26(23-9-5-3-6-10-23)24-11-7-4-8-12-24;1-3-5-4-2/h3-17,21H,18-20,27H2,1-2H3;3-4H2,1-2H3/t21-;/m1./s1. The van der Waals surface area contributed by atoms with Gasteiger partial charge in [-0.2, -0.15) is 0 Å². The van der Waals surface area contributed by atoms with Crippen molar-refractivity contribution < 1.29 is 9.47 Å². The summed E-state index contributed by atoms with van der Waals surface area (Å²) in [5, 5.41) is 0. The van der Waals surface area contributed by atoms with Crippen LogP contribution in [0, 0.1) is 0 Å². The molecule has 0 aliphatic carbocycles. The highest BCUT2D eigenvalue weighted by atomic mass is 16.5. The molecule has 4 heteroatoms. The van der Waals surface area contributed by atoms with Crippen molar-refractivity contribution in [2.75, 3.05) is 40.0 Å². The Morgan fingerprint density at radius 1 is 0.853 bits per heavy atom. The Morgan fingerprint density at radius 2 is 1.38 bits per heavy atom. The van der Waals surface area contributed by atoms with Gasteiger partial charge in [0.2, 0.25) is 0 Å². The lowest BCUT2D eigenvalue weighted by Gasteiger charge is -2.28. The molecular formula is C30H40N2O2. The lowest BCUT2D eigenvalue weighted by Crippen LogP contribution is -2.32. The van der Waals surface area contributed by atoms with E-state index >= 15 is 0 Å². The van der Waals surface area contributed by atoms with Crippen LogP contribution in [0.1, 0.15) is 43.5 Å². The SMILES string of the molecule is CCOCC.COc1ccc([C@@H](C)N(CC=C(c2ccccc2)c2ccccc2)CCN)cc1. The van der Waals surface area contributed by atoms with E-state index in [0.29, 0.717) is 6.54 Å². The van der Waals surface area contributed by atoms with Gasteiger partial charge in [-0.25, -0.2) is 0 Å². The third kappa shape index (κ3) is 8.79. The molecule has 0 aromatic heterocycles. The lowest BCUT2D eigenvalue weighted by atomic mass is 9.97. The third-order valence-electron chi connectivity index (χ3n) is 5.67. The van der Waals surface area contributed by atoms with Crippen molar-refractivity contribution in [2.45, 2.75) is 26.8 Å². The smallest absolute Gasteiger partial charge is 0.118 e. The molecule has 0 heterocycles. The minimum Gasteiger partial charge on any atom is -0.497 e. The largest absolute Gasteiger partial charge is 0.497 e. The second kappa shape index (κ2) is 15.8. The van der Waals surface area contributed by atoms with Crippen LogP contribution in [0.15, 0.2) is 91.0 Å². The molecule has 3 aromatic rings. The molecule has 34 heavy (non-hydrogen) atoms. The first-order valence-corrected chi connectivity index (χ1v) is 12.1. The van der Waals surface area contributed by atoms with Crippen molar-refractivity contribution in [3.05, 3.63) is 108 Å². The predicted molar refractivity (Wildman–Crippen MR) is 144 cm³/mol. The predicted octanol–water partition coefficient (Wildman–Crippen LogP) is 6.19. The fourth-order valence-electron chi connectivity index (χ4n) is 3.75. The molecule has 0 spiro atoms. The van der Waals surface area contributed by atoms with Gasteiger partial charge in [0.25, 0.3) is 0 Å². The summed E-state index contributed by atoms with van der Waals surface area (Å²) < 4.78 is 10.1. The highest BCUT2D eigenvalue weighted by Crippen LogP contribution is 2.26. The summed E-state index contributed by atoms with van der Waals surface area (Å²) in [4.78, 5) is 2.41. The molecule has 4 nitrogen and oxygen atoms in total. The van der Waals surface area contributed by atoms with Crippen LogP contribution in [0.3, 0.4) is 0 Å². The van der Waals surface area contributed by atoms with Gasteiger partial charge < -0.3 is 15.2 Å². The highest BCUT2D eigenvalue weighted by Gasteiger charge is 2.15. The topological polar surface area (TPSA) is 47.7 Å². The van der Waals surface area contributed by atoms with Crippen LogP contribution in [0.2, 0.25) is 0 Å². The summed E-state index contributed by atoms with van der Waals surface area (Å²) in [5.74, 6) is 0.877. The number of hydrogen-bond donors (Lipinski definition) is 1. The summed E-state index contributed by atoms with van der Waals surface area (Å²) >= 11 is 0. The molecule has 2 N–H and O–H groups in total. The van der Waals surface area contributed by atoms with E-state index < -0.39 is 0 Å². The van der Waals surface area contributed by atoms with Crippen molar-refractivity contribution in [1.29, 1.82) is 0 Å². The summed E-state index contributed by atoms with van der Waals surface area (Å²) in [6.07, 6.45) is 2.32. The van der Waals surface area contributed by atoms with Crippen LogP contribution < -0.4 is 10.5 Å². The van der Waals surface area contributed by atoms with Gasteiger partial charge in [0.1, 0.15) is 5.75 Å². The molecule has 0 unspecified atom stereocenters. The second-order valence-electron chi connectivity index (χ2n) is 7.86. The first-order valence-electron chi connectivity index (χ1n) is 12.1. The van der Waals surface area contributed by atoms with Crippen molar-refractivity contribution in [2.24, 2.45) is 5.73 Å². The number of methoxy groups -OCH3 is 1. The molecule has 0 saturated heterocycles. The zero-order chi connectivity index (χ0) is 24.6. The Hall–Kier alpha value is -2.92. The number of benzene rings is 3. The van der Waals surface area contributed by atoms with E-state index in [0.717, 1.165) is 32.1 Å². The zero-order valence-electron chi connectivity index (χ0n) is 21.1. The maximum absolute atomic E-state index is 5.94. The average molecular weight is 461 g/mol. The van der Waals surface area contributed by atoms with Crippen LogP contribution >= 0.6 is 0 Å². The van der Waals surface area contributed by atoms with Gasteiger partial charge in [-0.3, -0.25) is 4.90 Å². The first-order chi connectivity index (χ1) is 16.6. The molecule has 1 atom stereocenters. The third-order valence-corrected chi connectivity index (χ3v) is 5.67. The molecule has 0 aliphatic rings. The van der Waals surface area contributed by atoms with Crippen molar-refractivity contribution in [3.8, 4) is 5.75 Å². The molecular weight excluding hydrogens is 420 g/mol. The Kier molecular flexibility index (Phi) is 12.7. The molecule has 0 amide bonds. The average Bonchev–Trinajstić information content (AvgIpc) is 2.90. The minimum absolute atomic E-state index is 0.258. The maximum atomic E-state index is 5.94. The summed E-state index contributed by atoms with van der Waals surface area (Å²) in [5.41, 5.74) is 10.9. The molecule has 0 aliphatic heterocycles. The summed E-state index contributed by atoms with van der Waals surface area (Å²) in [7, 11) is 1.69. The van der Waals surface area contributed by atoms with Crippen LogP contribution in [0.4, 0.5) is 0 Å². The van der Waals surface area contributed by atoms with Crippen LogP contribution in [0.25, 0.3) is 5.57 Å². The number of nitrogens with two attached hydrogens (primary N) is 1. The quantitative estimate of drug-likeness (QED) is 0.370. The first kappa shape index (κ1) is 27.3. The highest BCUT2D eigenvalue weighted by molar-refractivity contribution is 5.79. The fourth-order valence-corrected chi connectivity index (χ4v) is 3.75. The molecule has 0 radical (unpaired) electrons. The summed E-state index contributed by atoms with van der Waals surface area (Å²) in [6, 6.07) is 29.7.